The Bertz CT molecular complexity index is 575. The quantitative estimate of drug-likeness (QED) is 0.612. The van der Waals surface area contributed by atoms with E-state index in [0.29, 0.717) is 11.1 Å². The third-order valence-electron chi connectivity index (χ3n) is 2.11. The van der Waals surface area contributed by atoms with Crippen molar-refractivity contribution in [3.63, 3.8) is 0 Å². The highest BCUT2D eigenvalue weighted by Gasteiger charge is 2.15. The predicted octanol–water partition coefficient (Wildman–Crippen LogP) is 0.870. The molecule has 2 aromatic heterocycles. The van der Waals surface area contributed by atoms with Gasteiger partial charge in [-0.1, -0.05) is 0 Å². The summed E-state index contributed by atoms with van der Waals surface area (Å²) < 4.78 is 1.48. The van der Waals surface area contributed by atoms with Crippen molar-refractivity contribution in [1.29, 1.82) is 0 Å². The molecule has 0 aliphatic rings. The SMILES string of the molecule is O=C(O)Cc1ccn2cnc([N+](=O)[O-])c2c1. The number of carboxylic acids is 1. The van der Waals surface area contributed by atoms with Crippen LogP contribution in [0.2, 0.25) is 0 Å². The number of rotatable bonds is 3. The van der Waals surface area contributed by atoms with E-state index in [0.717, 1.165) is 0 Å². The molecule has 0 spiro atoms. The molecule has 82 valence electrons. The molecule has 0 bridgehead atoms. The lowest BCUT2D eigenvalue weighted by Crippen LogP contribution is -2.00. The van der Waals surface area contributed by atoms with Gasteiger partial charge in [0.15, 0.2) is 0 Å². The Labute approximate surface area is 89.1 Å². The van der Waals surface area contributed by atoms with Crippen molar-refractivity contribution in [1.82, 2.24) is 9.38 Å². The van der Waals surface area contributed by atoms with Gasteiger partial charge in [0.2, 0.25) is 6.33 Å². The van der Waals surface area contributed by atoms with Gasteiger partial charge in [0.25, 0.3) is 0 Å². The third kappa shape index (κ3) is 1.70. The van der Waals surface area contributed by atoms with Gasteiger partial charge in [0, 0.05) is 6.20 Å². The first-order valence-electron chi connectivity index (χ1n) is 4.39. The van der Waals surface area contributed by atoms with Crippen LogP contribution in [0.5, 0.6) is 0 Å². The van der Waals surface area contributed by atoms with Gasteiger partial charge in [-0.2, -0.15) is 0 Å². The van der Waals surface area contributed by atoms with Crippen LogP contribution in [-0.4, -0.2) is 25.4 Å². The van der Waals surface area contributed by atoms with Crippen LogP contribution in [0.3, 0.4) is 0 Å². The summed E-state index contributed by atoms with van der Waals surface area (Å²) in [5, 5.41) is 19.2. The highest BCUT2D eigenvalue weighted by molar-refractivity contribution is 5.72. The van der Waals surface area contributed by atoms with Gasteiger partial charge in [0.1, 0.15) is 5.52 Å². The number of aromatic nitrogens is 2. The molecule has 0 aliphatic carbocycles. The lowest BCUT2D eigenvalue weighted by molar-refractivity contribution is -0.387. The fourth-order valence-corrected chi connectivity index (χ4v) is 1.44. The predicted molar refractivity (Wildman–Crippen MR) is 53.2 cm³/mol. The van der Waals surface area contributed by atoms with Crippen LogP contribution in [0.25, 0.3) is 5.52 Å². The largest absolute Gasteiger partial charge is 0.481 e. The fourth-order valence-electron chi connectivity index (χ4n) is 1.44. The van der Waals surface area contributed by atoms with Crippen LogP contribution in [0, 0.1) is 10.1 Å². The van der Waals surface area contributed by atoms with E-state index in [-0.39, 0.29) is 12.2 Å². The molecule has 2 aromatic rings. The number of imidazole rings is 1. The fraction of sp³-hybridized carbons (Fsp3) is 0.111. The van der Waals surface area contributed by atoms with Gasteiger partial charge in [-0.3, -0.25) is 9.20 Å². The number of hydrogen-bond donors (Lipinski definition) is 1. The minimum absolute atomic E-state index is 0.168. The van der Waals surface area contributed by atoms with Crippen molar-refractivity contribution < 1.29 is 14.8 Å². The molecule has 0 amide bonds. The van der Waals surface area contributed by atoms with Crippen LogP contribution in [-0.2, 0) is 11.2 Å². The Balaban J connectivity index is 2.54. The average molecular weight is 221 g/mol. The molecule has 0 unspecified atom stereocenters. The first kappa shape index (κ1) is 10.1. The van der Waals surface area contributed by atoms with E-state index < -0.39 is 10.9 Å². The summed E-state index contributed by atoms with van der Waals surface area (Å²) in [5.41, 5.74) is 0.798. The number of fused-ring (bicyclic) bond motifs is 1. The Hall–Kier alpha value is -2.44. The molecule has 2 rings (SSSR count). The van der Waals surface area contributed by atoms with Crippen molar-refractivity contribution in [2.75, 3.05) is 0 Å². The van der Waals surface area contributed by atoms with Crippen molar-refractivity contribution in [3.05, 3.63) is 40.3 Å². The van der Waals surface area contributed by atoms with E-state index in [1.165, 1.54) is 16.8 Å². The summed E-state index contributed by atoms with van der Waals surface area (Å²) in [4.78, 5) is 24.2. The lowest BCUT2D eigenvalue weighted by atomic mass is 10.2. The molecule has 2 heterocycles. The summed E-state index contributed by atoms with van der Waals surface area (Å²) in [6.07, 6.45) is 2.70. The molecule has 0 fully saturated rings. The van der Waals surface area contributed by atoms with E-state index in [1.54, 1.807) is 12.3 Å². The topological polar surface area (TPSA) is 97.7 Å². The minimum Gasteiger partial charge on any atom is -0.481 e. The Morgan fingerprint density at radius 2 is 2.38 bits per heavy atom. The van der Waals surface area contributed by atoms with Crippen molar-refractivity contribution in [2.24, 2.45) is 0 Å². The summed E-state index contributed by atoms with van der Waals surface area (Å²) in [6.45, 7) is 0. The lowest BCUT2D eigenvalue weighted by Gasteiger charge is -1.98. The Morgan fingerprint density at radius 3 is 3.00 bits per heavy atom. The number of aliphatic carboxylic acids is 1. The second-order valence-corrected chi connectivity index (χ2v) is 3.22. The minimum atomic E-state index is -0.980. The van der Waals surface area contributed by atoms with E-state index in [9.17, 15) is 14.9 Å². The van der Waals surface area contributed by atoms with Crippen molar-refractivity contribution in [3.8, 4) is 0 Å². The molecule has 1 N–H and O–H groups in total. The monoisotopic (exact) mass is 221 g/mol. The first-order chi connectivity index (χ1) is 7.58. The van der Waals surface area contributed by atoms with E-state index in [4.69, 9.17) is 5.11 Å². The zero-order valence-corrected chi connectivity index (χ0v) is 8.03. The second-order valence-electron chi connectivity index (χ2n) is 3.22. The highest BCUT2D eigenvalue weighted by atomic mass is 16.6. The second kappa shape index (κ2) is 3.61. The zero-order chi connectivity index (χ0) is 11.7. The summed E-state index contributed by atoms with van der Waals surface area (Å²) in [7, 11) is 0. The van der Waals surface area contributed by atoms with Crippen molar-refractivity contribution in [2.45, 2.75) is 6.42 Å². The number of nitro groups is 1. The third-order valence-corrected chi connectivity index (χ3v) is 2.11. The van der Waals surface area contributed by atoms with Gasteiger partial charge in [0.05, 0.1) is 6.42 Å². The van der Waals surface area contributed by atoms with Gasteiger partial charge in [-0.05, 0) is 27.6 Å². The maximum atomic E-state index is 10.6. The smallest absolute Gasteiger partial charge is 0.389 e. The molecular weight excluding hydrogens is 214 g/mol. The van der Waals surface area contributed by atoms with Crippen LogP contribution >= 0.6 is 0 Å². The van der Waals surface area contributed by atoms with Crippen LogP contribution in [0.4, 0.5) is 5.82 Å². The molecule has 0 saturated carbocycles. The Kier molecular flexibility index (Phi) is 2.28. The van der Waals surface area contributed by atoms with Crippen molar-refractivity contribution >= 4 is 17.3 Å². The van der Waals surface area contributed by atoms with Gasteiger partial charge in [-0.25, -0.2) is 0 Å². The first-order valence-corrected chi connectivity index (χ1v) is 4.39. The summed E-state index contributed by atoms with van der Waals surface area (Å²) in [6, 6.07) is 3.05. The van der Waals surface area contributed by atoms with Crippen LogP contribution < -0.4 is 0 Å². The Morgan fingerprint density at radius 1 is 1.62 bits per heavy atom. The number of carbonyl (C=O) groups is 1. The summed E-state index contributed by atoms with van der Waals surface area (Å²) in [5.74, 6) is -1.25. The molecule has 7 nitrogen and oxygen atoms in total. The molecule has 0 radical (unpaired) electrons. The van der Waals surface area contributed by atoms with E-state index >= 15 is 0 Å². The maximum Gasteiger partial charge on any atom is 0.389 e. The molecule has 0 atom stereocenters. The highest BCUT2D eigenvalue weighted by Crippen LogP contribution is 2.18. The van der Waals surface area contributed by atoms with E-state index in [2.05, 4.69) is 4.98 Å². The van der Waals surface area contributed by atoms with Crippen LogP contribution in [0.1, 0.15) is 5.56 Å². The number of hydrogen-bond acceptors (Lipinski definition) is 4. The van der Waals surface area contributed by atoms with E-state index in [1.807, 2.05) is 0 Å². The standard InChI is InChI=1S/C9H7N3O4/c13-8(14)4-6-1-2-11-5-10-9(12(15)16)7(11)3-6/h1-3,5H,4H2,(H,13,14). The van der Waals surface area contributed by atoms with Gasteiger partial charge >= 0.3 is 11.8 Å². The molecule has 0 aliphatic heterocycles. The molecule has 7 heteroatoms. The number of nitrogens with zero attached hydrogens (tertiary/aromatic N) is 3. The van der Waals surface area contributed by atoms with Crippen LogP contribution in [0.15, 0.2) is 24.7 Å². The summed E-state index contributed by atoms with van der Waals surface area (Å²) >= 11 is 0. The normalized spacial score (nSPS) is 10.5. The number of carboxylic acid groups (broad SMARTS) is 1. The van der Waals surface area contributed by atoms with Gasteiger partial charge < -0.3 is 15.2 Å². The number of pyridine rings is 1. The average Bonchev–Trinajstić information content (AvgIpc) is 2.59. The molecule has 16 heavy (non-hydrogen) atoms. The molecule has 0 saturated heterocycles. The zero-order valence-electron chi connectivity index (χ0n) is 8.03. The maximum absolute atomic E-state index is 10.6. The molecule has 0 aromatic carbocycles. The van der Waals surface area contributed by atoms with Gasteiger partial charge in [-0.15, -0.1) is 0 Å². The molecular formula is C9H7N3O4.